The minimum Gasteiger partial charge on any atom is -0.352 e. The Hall–Kier alpha value is -1.68. The zero-order valence-corrected chi connectivity index (χ0v) is 17.9. The Kier molecular flexibility index (Phi) is 6.92. The minimum atomic E-state index is -0.125. The van der Waals surface area contributed by atoms with E-state index in [1.807, 2.05) is 38.1 Å². The largest absolute Gasteiger partial charge is 0.352 e. The van der Waals surface area contributed by atoms with Crippen molar-refractivity contribution in [1.29, 1.82) is 0 Å². The Labute approximate surface area is 170 Å². The molecule has 0 aromatic heterocycles. The molecule has 1 N–H and O–H groups in total. The van der Waals surface area contributed by atoms with Crippen molar-refractivity contribution < 1.29 is 9.59 Å². The molecule has 1 saturated carbocycles. The lowest BCUT2D eigenvalue weighted by molar-refractivity contribution is -0.127. The first-order valence-electron chi connectivity index (χ1n) is 11.0. The SMILES string of the molecule is Cc1ccc(C(=O)C2CCN(C(C)C(=O)NC3CCCC(C)C3C)CC2)cc1. The summed E-state index contributed by atoms with van der Waals surface area (Å²) in [5.74, 6) is 1.70. The average molecular weight is 385 g/mol. The van der Waals surface area contributed by atoms with Crippen molar-refractivity contribution in [3.63, 3.8) is 0 Å². The summed E-state index contributed by atoms with van der Waals surface area (Å²) >= 11 is 0. The van der Waals surface area contributed by atoms with Crippen molar-refractivity contribution in [1.82, 2.24) is 10.2 Å². The van der Waals surface area contributed by atoms with Gasteiger partial charge in [0.05, 0.1) is 6.04 Å². The normalized spacial score (nSPS) is 27.9. The van der Waals surface area contributed by atoms with Crippen LogP contribution in [0.5, 0.6) is 0 Å². The van der Waals surface area contributed by atoms with Gasteiger partial charge in [0.2, 0.25) is 5.91 Å². The topological polar surface area (TPSA) is 49.4 Å². The Morgan fingerprint density at radius 2 is 1.68 bits per heavy atom. The summed E-state index contributed by atoms with van der Waals surface area (Å²) in [6.45, 7) is 10.2. The third kappa shape index (κ3) is 4.83. The molecule has 0 bridgehead atoms. The van der Waals surface area contributed by atoms with Crippen LogP contribution < -0.4 is 5.32 Å². The fourth-order valence-corrected chi connectivity index (χ4v) is 4.76. The van der Waals surface area contributed by atoms with Gasteiger partial charge in [0.25, 0.3) is 0 Å². The monoisotopic (exact) mass is 384 g/mol. The number of likely N-dealkylation sites (tertiary alicyclic amines) is 1. The van der Waals surface area contributed by atoms with Crippen molar-refractivity contribution in [2.24, 2.45) is 17.8 Å². The molecule has 154 valence electrons. The Morgan fingerprint density at radius 3 is 2.32 bits per heavy atom. The molecule has 1 aliphatic carbocycles. The van der Waals surface area contributed by atoms with Gasteiger partial charge in [-0.3, -0.25) is 14.5 Å². The highest BCUT2D eigenvalue weighted by atomic mass is 16.2. The van der Waals surface area contributed by atoms with E-state index >= 15 is 0 Å². The molecule has 0 spiro atoms. The maximum Gasteiger partial charge on any atom is 0.237 e. The zero-order chi connectivity index (χ0) is 20.3. The second-order valence-electron chi connectivity index (χ2n) is 9.10. The van der Waals surface area contributed by atoms with Crippen molar-refractivity contribution >= 4 is 11.7 Å². The summed E-state index contributed by atoms with van der Waals surface area (Å²) in [5.41, 5.74) is 1.99. The molecule has 1 aromatic carbocycles. The van der Waals surface area contributed by atoms with E-state index in [1.165, 1.54) is 18.4 Å². The summed E-state index contributed by atoms with van der Waals surface area (Å²) in [6, 6.07) is 8.06. The van der Waals surface area contributed by atoms with Crippen LogP contribution in [0.1, 0.15) is 68.8 Å². The van der Waals surface area contributed by atoms with Gasteiger partial charge >= 0.3 is 0 Å². The number of carbonyl (C=O) groups excluding carboxylic acids is 2. The second-order valence-corrected chi connectivity index (χ2v) is 9.10. The first-order chi connectivity index (χ1) is 13.4. The molecular formula is C24H36N2O2. The smallest absolute Gasteiger partial charge is 0.237 e. The number of rotatable bonds is 5. The number of aryl methyl sites for hydroxylation is 1. The van der Waals surface area contributed by atoms with E-state index in [9.17, 15) is 9.59 Å². The Morgan fingerprint density at radius 1 is 1.04 bits per heavy atom. The third-order valence-corrected chi connectivity index (χ3v) is 7.20. The molecule has 28 heavy (non-hydrogen) atoms. The number of hydrogen-bond acceptors (Lipinski definition) is 3. The fraction of sp³-hybridized carbons (Fsp3) is 0.667. The molecule has 4 nitrogen and oxygen atoms in total. The Balaban J connectivity index is 1.50. The van der Waals surface area contributed by atoms with Gasteiger partial charge in [-0.2, -0.15) is 0 Å². The molecule has 4 atom stereocenters. The van der Waals surface area contributed by atoms with Gasteiger partial charge in [0.15, 0.2) is 5.78 Å². The molecule has 1 aromatic rings. The lowest BCUT2D eigenvalue weighted by Crippen LogP contribution is -2.53. The highest BCUT2D eigenvalue weighted by Crippen LogP contribution is 2.30. The molecule has 1 aliphatic heterocycles. The fourth-order valence-electron chi connectivity index (χ4n) is 4.76. The quantitative estimate of drug-likeness (QED) is 0.773. The highest BCUT2D eigenvalue weighted by molar-refractivity contribution is 5.98. The highest BCUT2D eigenvalue weighted by Gasteiger charge is 2.33. The molecule has 3 rings (SSSR count). The molecule has 4 heteroatoms. The van der Waals surface area contributed by atoms with Crippen molar-refractivity contribution in [2.75, 3.05) is 13.1 Å². The number of Topliss-reactive ketones (excluding diaryl/α,β-unsaturated/α-hetero) is 1. The van der Waals surface area contributed by atoms with Gasteiger partial charge < -0.3 is 5.32 Å². The number of piperidine rings is 1. The predicted molar refractivity (Wildman–Crippen MR) is 113 cm³/mol. The first kappa shape index (κ1) is 21.0. The van der Waals surface area contributed by atoms with E-state index in [0.717, 1.165) is 37.9 Å². The number of nitrogens with one attached hydrogen (secondary N) is 1. The van der Waals surface area contributed by atoms with E-state index in [4.69, 9.17) is 0 Å². The van der Waals surface area contributed by atoms with Crippen LogP contribution in [0, 0.1) is 24.7 Å². The standard InChI is InChI=1S/C24H36N2O2/c1-16-8-10-20(11-9-16)23(27)21-12-14-26(15-13-21)19(4)24(28)25-22-7-5-6-17(2)18(22)3/h8-11,17-19,21-22H,5-7,12-15H2,1-4H3,(H,25,28). The van der Waals surface area contributed by atoms with Crippen LogP contribution in [0.3, 0.4) is 0 Å². The molecule has 1 amide bonds. The van der Waals surface area contributed by atoms with Crippen LogP contribution in [0.15, 0.2) is 24.3 Å². The second kappa shape index (κ2) is 9.21. The van der Waals surface area contributed by atoms with Gasteiger partial charge in [0.1, 0.15) is 0 Å². The van der Waals surface area contributed by atoms with E-state index in [-0.39, 0.29) is 23.7 Å². The predicted octanol–water partition coefficient (Wildman–Crippen LogP) is 4.22. The number of amides is 1. The van der Waals surface area contributed by atoms with Crippen LogP contribution in [0.25, 0.3) is 0 Å². The first-order valence-corrected chi connectivity index (χ1v) is 11.0. The third-order valence-electron chi connectivity index (χ3n) is 7.20. The van der Waals surface area contributed by atoms with Crippen molar-refractivity contribution in [3.05, 3.63) is 35.4 Å². The van der Waals surface area contributed by atoms with Crippen LogP contribution in [-0.4, -0.2) is 41.8 Å². The van der Waals surface area contributed by atoms with Crippen LogP contribution in [-0.2, 0) is 4.79 Å². The van der Waals surface area contributed by atoms with E-state index in [2.05, 4.69) is 24.1 Å². The van der Waals surface area contributed by atoms with E-state index in [1.54, 1.807) is 0 Å². The molecular weight excluding hydrogens is 348 g/mol. The van der Waals surface area contributed by atoms with E-state index in [0.29, 0.717) is 17.9 Å². The number of hydrogen-bond donors (Lipinski definition) is 1. The van der Waals surface area contributed by atoms with Gasteiger partial charge in [0, 0.05) is 17.5 Å². The van der Waals surface area contributed by atoms with Gasteiger partial charge in [-0.25, -0.2) is 0 Å². The maximum atomic E-state index is 12.8. The molecule has 1 heterocycles. The summed E-state index contributed by atoms with van der Waals surface area (Å²) in [4.78, 5) is 27.8. The lowest BCUT2D eigenvalue weighted by Gasteiger charge is -2.38. The number of nitrogens with zero attached hydrogens (tertiary/aromatic N) is 1. The van der Waals surface area contributed by atoms with Gasteiger partial charge in [-0.15, -0.1) is 0 Å². The number of benzene rings is 1. The van der Waals surface area contributed by atoms with Gasteiger partial charge in [-0.1, -0.05) is 56.5 Å². The Bertz CT molecular complexity index is 676. The number of ketones is 1. The van der Waals surface area contributed by atoms with E-state index < -0.39 is 0 Å². The summed E-state index contributed by atoms with van der Waals surface area (Å²) < 4.78 is 0. The minimum absolute atomic E-state index is 0.0773. The summed E-state index contributed by atoms with van der Waals surface area (Å²) in [5, 5.41) is 3.31. The molecule has 4 unspecified atom stereocenters. The number of carbonyl (C=O) groups is 2. The van der Waals surface area contributed by atoms with Crippen molar-refractivity contribution in [2.45, 2.75) is 71.9 Å². The molecule has 2 fully saturated rings. The average Bonchev–Trinajstić information content (AvgIpc) is 2.71. The van der Waals surface area contributed by atoms with Crippen LogP contribution in [0.2, 0.25) is 0 Å². The summed E-state index contributed by atoms with van der Waals surface area (Å²) in [6.07, 6.45) is 5.24. The van der Waals surface area contributed by atoms with Gasteiger partial charge in [-0.05, 0) is 58.0 Å². The molecule has 2 aliphatic rings. The summed E-state index contributed by atoms with van der Waals surface area (Å²) in [7, 11) is 0. The maximum absolute atomic E-state index is 12.8. The van der Waals surface area contributed by atoms with Crippen molar-refractivity contribution in [3.8, 4) is 0 Å². The zero-order valence-electron chi connectivity index (χ0n) is 17.9. The van der Waals surface area contributed by atoms with Crippen LogP contribution >= 0.6 is 0 Å². The lowest BCUT2D eigenvalue weighted by atomic mass is 9.78. The molecule has 0 radical (unpaired) electrons. The molecule has 1 saturated heterocycles. The van der Waals surface area contributed by atoms with Crippen LogP contribution in [0.4, 0.5) is 0 Å².